The summed E-state index contributed by atoms with van der Waals surface area (Å²) in [4.78, 5) is 23.3. The van der Waals surface area contributed by atoms with E-state index in [1.54, 1.807) is 24.3 Å². The minimum absolute atomic E-state index is 0.450. The van der Waals surface area contributed by atoms with Crippen LogP contribution in [-0.2, 0) is 0 Å². The smallest absolute Gasteiger partial charge is 0.195 e. The standard InChI is InChI=1S/C55H33N7/c1-56-41-16-12-14-38(32-41)50-36-51(60-55(59-50)40-15-13-17-42(33-40)57-2)39-26-30-47(52(34-39)58-3)37-24-27-45(28-25-37)62-53-23-11-10-22-48(53)49-35-46(29-31-54(49)62)61(43-18-6-4-7-19-43)44-20-8-5-9-21-44/h4-36H. The van der Waals surface area contributed by atoms with Crippen molar-refractivity contribution in [1.29, 1.82) is 0 Å². The molecule has 0 unspecified atom stereocenters. The third-order valence-electron chi connectivity index (χ3n) is 11.0. The highest BCUT2D eigenvalue weighted by molar-refractivity contribution is 6.10. The van der Waals surface area contributed by atoms with Gasteiger partial charge in [0.25, 0.3) is 0 Å². The minimum Gasteiger partial charge on any atom is -0.310 e. The molecule has 62 heavy (non-hydrogen) atoms. The second-order valence-corrected chi connectivity index (χ2v) is 14.7. The van der Waals surface area contributed by atoms with Crippen molar-refractivity contribution in [2.45, 2.75) is 0 Å². The predicted molar refractivity (Wildman–Crippen MR) is 252 cm³/mol. The van der Waals surface area contributed by atoms with E-state index in [-0.39, 0.29) is 0 Å². The zero-order chi connectivity index (χ0) is 42.0. The Labute approximate surface area is 359 Å². The first kappa shape index (κ1) is 37.2. The van der Waals surface area contributed by atoms with Crippen molar-refractivity contribution in [2.75, 3.05) is 4.90 Å². The molecular weight excluding hydrogens is 759 g/mol. The van der Waals surface area contributed by atoms with Crippen LogP contribution in [0, 0.1) is 19.7 Å². The van der Waals surface area contributed by atoms with Gasteiger partial charge < -0.3 is 9.47 Å². The molecule has 0 aliphatic rings. The normalized spacial score (nSPS) is 10.9. The SMILES string of the molecule is [C-]#[N+]c1cccc(-c2cc(-c3ccc(-c4ccc(-n5c6ccccc6c6cc(N(c7ccccc7)c7ccccc7)ccc65)cc4)c([N+]#[C-])c3)nc(-c3cccc([N+]#[C-])c3)n2)c1. The van der Waals surface area contributed by atoms with E-state index in [0.717, 1.165) is 66.8 Å². The summed E-state index contributed by atoms with van der Waals surface area (Å²) in [5.74, 6) is 0.450. The first-order valence-corrected chi connectivity index (χ1v) is 20.0. The molecule has 7 heteroatoms. The van der Waals surface area contributed by atoms with E-state index in [1.807, 2.05) is 60.7 Å². The molecule has 2 aromatic heterocycles. The van der Waals surface area contributed by atoms with E-state index in [0.29, 0.717) is 39.8 Å². The van der Waals surface area contributed by atoms with E-state index < -0.39 is 0 Å². The van der Waals surface area contributed by atoms with Crippen LogP contribution >= 0.6 is 0 Å². The summed E-state index contributed by atoms with van der Waals surface area (Å²) in [6.07, 6.45) is 0. The summed E-state index contributed by atoms with van der Waals surface area (Å²) < 4.78 is 2.30. The highest BCUT2D eigenvalue weighted by atomic mass is 15.1. The molecule has 0 amide bonds. The van der Waals surface area contributed by atoms with Crippen LogP contribution in [0.2, 0.25) is 0 Å². The number of para-hydroxylation sites is 3. The Bertz CT molecular complexity index is 3330. The van der Waals surface area contributed by atoms with Gasteiger partial charge in [-0.2, -0.15) is 0 Å². The van der Waals surface area contributed by atoms with Crippen molar-refractivity contribution >= 4 is 55.9 Å². The van der Waals surface area contributed by atoms with Crippen molar-refractivity contribution < 1.29 is 0 Å². The number of aromatic nitrogens is 3. The molecule has 0 radical (unpaired) electrons. The Hall–Kier alpha value is -9.09. The second-order valence-electron chi connectivity index (χ2n) is 14.7. The summed E-state index contributed by atoms with van der Waals surface area (Å²) in [6, 6.07) is 66.7. The van der Waals surface area contributed by atoms with E-state index in [2.05, 4.69) is 139 Å². The van der Waals surface area contributed by atoms with Crippen molar-refractivity contribution in [1.82, 2.24) is 14.5 Å². The predicted octanol–water partition coefficient (Wildman–Crippen LogP) is 15.4. The molecule has 288 valence electrons. The summed E-state index contributed by atoms with van der Waals surface area (Å²) in [7, 11) is 0. The van der Waals surface area contributed by atoms with Crippen LogP contribution in [0.4, 0.5) is 34.1 Å². The van der Waals surface area contributed by atoms with Gasteiger partial charge in [0.2, 0.25) is 0 Å². The molecule has 0 atom stereocenters. The first-order chi connectivity index (χ1) is 30.6. The van der Waals surface area contributed by atoms with Gasteiger partial charge in [0.05, 0.1) is 42.1 Å². The largest absolute Gasteiger partial charge is 0.310 e. The van der Waals surface area contributed by atoms with Gasteiger partial charge in [-0.3, -0.25) is 0 Å². The Morgan fingerprint density at radius 1 is 0.403 bits per heavy atom. The van der Waals surface area contributed by atoms with E-state index in [9.17, 15) is 0 Å². The molecule has 0 spiro atoms. The van der Waals surface area contributed by atoms with Crippen LogP contribution in [0.5, 0.6) is 0 Å². The van der Waals surface area contributed by atoms with E-state index in [1.165, 1.54) is 0 Å². The first-order valence-electron chi connectivity index (χ1n) is 20.0. The van der Waals surface area contributed by atoms with Gasteiger partial charge in [-0.15, -0.1) is 0 Å². The van der Waals surface area contributed by atoms with E-state index in [4.69, 9.17) is 29.7 Å². The topological polar surface area (TPSA) is 47.0 Å². The molecule has 0 bridgehead atoms. The molecule has 8 aromatic carbocycles. The van der Waals surface area contributed by atoms with Crippen LogP contribution in [-0.4, -0.2) is 14.5 Å². The number of benzene rings is 8. The quantitative estimate of drug-likeness (QED) is 0.144. The number of hydrogen-bond donors (Lipinski definition) is 0. The monoisotopic (exact) mass is 791 g/mol. The van der Waals surface area contributed by atoms with Crippen LogP contribution in [0.1, 0.15) is 0 Å². The number of fused-ring (bicyclic) bond motifs is 3. The van der Waals surface area contributed by atoms with Gasteiger partial charge in [-0.05, 0) is 107 Å². The summed E-state index contributed by atoms with van der Waals surface area (Å²) in [5.41, 5.74) is 13.2. The van der Waals surface area contributed by atoms with Crippen molar-refractivity contribution in [2.24, 2.45) is 0 Å². The Balaban J connectivity index is 1.03. The molecule has 0 aliphatic heterocycles. The molecule has 2 heterocycles. The third kappa shape index (κ3) is 6.87. The highest BCUT2D eigenvalue weighted by Crippen LogP contribution is 2.41. The number of rotatable bonds is 8. The van der Waals surface area contributed by atoms with Gasteiger partial charge in [0, 0.05) is 39.1 Å². The van der Waals surface area contributed by atoms with Crippen molar-refractivity contribution in [3.8, 4) is 50.7 Å². The molecule has 10 aromatic rings. The lowest BCUT2D eigenvalue weighted by molar-refractivity contribution is 1.18. The zero-order valence-corrected chi connectivity index (χ0v) is 33.2. The van der Waals surface area contributed by atoms with Crippen LogP contribution in [0.3, 0.4) is 0 Å². The van der Waals surface area contributed by atoms with Gasteiger partial charge in [-0.25, -0.2) is 24.5 Å². The summed E-state index contributed by atoms with van der Waals surface area (Å²) >= 11 is 0. The lowest BCUT2D eigenvalue weighted by atomic mass is 9.99. The Morgan fingerprint density at radius 3 is 1.65 bits per heavy atom. The Morgan fingerprint density at radius 2 is 0.984 bits per heavy atom. The average molecular weight is 792 g/mol. The maximum Gasteiger partial charge on any atom is 0.195 e. The third-order valence-corrected chi connectivity index (χ3v) is 11.0. The van der Waals surface area contributed by atoms with Crippen LogP contribution in [0.15, 0.2) is 200 Å². The fraction of sp³-hybridized carbons (Fsp3) is 0. The number of anilines is 3. The maximum absolute atomic E-state index is 8.26. The molecule has 0 saturated heterocycles. The maximum atomic E-state index is 8.26. The molecule has 0 saturated carbocycles. The van der Waals surface area contributed by atoms with Gasteiger partial charge >= 0.3 is 0 Å². The number of nitrogens with zero attached hydrogens (tertiary/aromatic N) is 7. The lowest BCUT2D eigenvalue weighted by Crippen LogP contribution is -2.09. The molecule has 0 N–H and O–H groups in total. The Kier molecular flexibility index (Phi) is 9.56. The van der Waals surface area contributed by atoms with Crippen molar-refractivity contribution in [3.05, 3.63) is 234 Å². The molecule has 10 rings (SSSR count). The lowest BCUT2D eigenvalue weighted by Gasteiger charge is -2.25. The zero-order valence-electron chi connectivity index (χ0n) is 33.2. The summed E-state index contributed by atoms with van der Waals surface area (Å²) in [5, 5.41) is 2.31. The van der Waals surface area contributed by atoms with Crippen LogP contribution < -0.4 is 4.90 Å². The highest BCUT2D eigenvalue weighted by Gasteiger charge is 2.18. The minimum atomic E-state index is 0.450. The van der Waals surface area contributed by atoms with E-state index >= 15 is 0 Å². The van der Waals surface area contributed by atoms with Gasteiger partial charge in [0.15, 0.2) is 22.9 Å². The second kappa shape index (κ2) is 15.9. The van der Waals surface area contributed by atoms with Gasteiger partial charge in [0.1, 0.15) is 0 Å². The molecule has 0 fully saturated rings. The average Bonchev–Trinajstić information content (AvgIpc) is 3.68. The fourth-order valence-electron chi connectivity index (χ4n) is 8.12. The van der Waals surface area contributed by atoms with Gasteiger partial charge in [-0.1, -0.05) is 115 Å². The molecule has 7 nitrogen and oxygen atoms in total. The summed E-state index contributed by atoms with van der Waals surface area (Å²) in [6.45, 7) is 23.4. The number of hydrogen-bond acceptors (Lipinski definition) is 3. The molecule has 0 aliphatic carbocycles. The van der Waals surface area contributed by atoms with Crippen LogP contribution in [0.25, 0.3) is 87.1 Å². The molecular formula is C55H33N7. The van der Waals surface area contributed by atoms with Crippen molar-refractivity contribution in [3.63, 3.8) is 0 Å². The fourth-order valence-corrected chi connectivity index (χ4v) is 8.12.